The molecule has 51 heavy (non-hydrogen) atoms. The van der Waals surface area contributed by atoms with E-state index in [1.807, 2.05) is 0 Å². The number of hydrogen-bond acceptors (Lipinski definition) is 11. The number of carbonyl (C=O) groups is 10. The van der Waals surface area contributed by atoms with Crippen LogP contribution in [0.2, 0.25) is 0 Å². The van der Waals surface area contributed by atoms with Crippen LogP contribution in [-0.2, 0) is 47.9 Å². The van der Waals surface area contributed by atoms with Gasteiger partial charge in [-0.25, -0.2) is 0 Å². The molecule has 0 spiro atoms. The molecule has 0 aliphatic carbocycles. The first kappa shape index (κ1) is 48.0. The Morgan fingerprint density at radius 1 is 0.529 bits per heavy atom. The normalized spacial score (nSPS) is 10.5. The lowest BCUT2D eigenvalue weighted by Crippen LogP contribution is -2.48. The highest BCUT2D eigenvalue weighted by Crippen LogP contribution is 1.94. The Hall–Kier alpha value is -5.14. The highest BCUT2D eigenvalue weighted by Gasteiger charge is 2.21. The highest BCUT2D eigenvalue weighted by molar-refractivity contribution is 5.93. The summed E-state index contributed by atoms with van der Waals surface area (Å²) in [6.45, 7) is 4.37. The Kier molecular flexibility index (Phi) is 25.1. The predicted octanol–water partition coefficient (Wildman–Crippen LogP) is -4.69. The minimum absolute atomic E-state index is 0.192. The van der Waals surface area contributed by atoms with E-state index in [4.69, 9.17) is 0 Å². The standard InChI is InChI=1S/C25H41N9O10.C6H15N/c1-29(17-36)14-23(42)30(2)12-19(38)27-9-21(40)34(6)16-25(44)32(4)13-20(39)28-10-22(41)33(5)15-24(43)31(3)11-18(37)26-7-8-35;1-4-6(3)7-5-2/h8,17H,7,9-16H2,1-6H3,(H,26,37)(H,27,38)(H,28,39);6-7H,4-5H2,1-3H3. The minimum atomic E-state index is -0.683. The van der Waals surface area contributed by atoms with Crippen LogP contribution in [0.1, 0.15) is 27.2 Å². The maximum atomic E-state index is 12.5. The second kappa shape index (κ2) is 26.7. The largest absolute Gasteiger partial charge is 0.348 e. The number of likely N-dealkylation sites (N-methyl/N-ethyl adjacent to an activating group) is 6. The maximum Gasteiger partial charge on any atom is 0.242 e. The smallest absolute Gasteiger partial charge is 0.242 e. The van der Waals surface area contributed by atoms with Crippen LogP contribution in [0.25, 0.3) is 0 Å². The van der Waals surface area contributed by atoms with Crippen molar-refractivity contribution in [2.24, 2.45) is 0 Å². The van der Waals surface area contributed by atoms with E-state index in [0.29, 0.717) is 18.7 Å². The van der Waals surface area contributed by atoms with Gasteiger partial charge in [0.1, 0.15) is 6.29 Å². The molecule has 0 aromatic carbocycles. The molecule has 1 unspecified atom stereocenters. The topological polar surface area (TPSA) is 238 Å². The molecule has 0 aliphatic rings. The molecule has 0 radical (unpaired) electrons. The van der Waals surface area contributed by atoms with Crippen molar-refractivity contribution in [1.82, 2.24) is 50.7 Å². The molecule has 0 saturated carbocycles. The number of aldehydes is 1. The molecular formula is C31H56N10O10. The van der Waals surface area contributed by atoms with Gasteiger partial charge in [-0.2, -0.15) is 0 Å². The van der Waals surface area contributed by atoms with Crippen molar-refractivity contribution in [3.8, 4) is 0 Å². The molecule has 290 valence electrons. The van der Waals surface area contributed by atoms with E-state index >= 15 is 0 Å². The number of nitrogens with zero attached hydrogens (tertiary/aromatic N) is 6. The molecule has 0 fully saturated rings. The molecule has 9 amide bonds. The third-order valence-electron chi connectivity index (χ3n) is 7.00. The molecular weight excluding hydrogens is 672 g/mol. The van der Waals surface area contributed by atoms with Crippen LogP contribution >= 0.6 is 0 Å². The third-order valence-corrected chi connectivity index (χ3v) is 7.00. The minimum Gasteiger partial charge on any atom is -0.348 e. The Morgan fingerprint density at radius 2 is 0.882 bits per heavy atom. The fourth-order valence-corrected chi connectivity index (χ4v) is 3.54. The fraction of sp³-hybridized carbons (Fsp3) is 0.677. The molecule has 0 saturated heterocycles. The van der Waals surface area contributed by atoms with Crippen molar-refractivity contribution in [1.29, 1.82) is 0 Å². The summed E-state index contributed by atoms with van der Waals surface area (Å²) in [7, 11) is 8.06. The van der Waals surface area contributed by atoms with E-state index in [2.05, 4.69) is 42.0 Å². The van der Waals surface area contributed by atoms with E-state index in [0.717, 1.165) is 35.9 Å². The second-order valence-electron chi connectivity index (χ2n) is 11.7. The molecule has 0 bridgehead atoms. The van der Waals surface area contributed by atoms with Crippen LogP contribution in [-0.4, -0.2) is 203 Å². The number of hydrogen-bond donors (Lipinski definition) is 4. The van der Waals surface area contributed by atoms with Gasteiger partial charge < -0.3 is 55.5 Å². The van der Waals surface area contributed by atoms with Crippen molar-refractivity contribution in [3.05, 3.63) is 0 Å². The van der Waals surface area contributed by atoms with Crippen LogP contribution in [0.5, 0.6) is 0 Å². The van der Waals surface area contributed by atoms with Crippen molar-refractivity contribution in [2.75, 3.05) is 108 Å². The van der Waals surface area contributed by atoms with E-state index in [1.165, 1.54) is 48.7 Å². The zero-order chi connectivity index (χ0) is 39.7. The van der Waals surface area contributed by atoms with Crippen LogP contribution in [0, 0.1) is 0 Å². The molecule has 0 aromatic heterocycles. The Labute approximate surface area is 299 Å². The SMILES string of the molecule is CCNC(C)CC.CN(C=O)CC(=O)N(C)CC(=O)NCC(=O)N(C)CC(=O)N(C)CC(=O)NCC(=O)N(C)CC(=O)N(C)CC(=O)NCC=O. The van der Waals surface area contributed by atoms with Crippen LogP contribution in [0.4, 0.5) is 0 Å². The van der Waals surface area contributed by atoms with Crippen LogP contribution in [0.3, 0.4) is 0 Å². The van der Waals surface area contributed by atoms with Crippen molar-refractivity contribution < 1.29 is 47.9 Å². The highest BCUT2D eigenvalue weighted by atomic mass is 16.2. The second-order valence-corrected chi connectivity index (χ2v) is 11.7. The molecule has 0 heterocycles. The van der Waals surface area contributed by atoms with Crippen molar-refractivity contribution >= 4 is 60.0 Å². The summed E-state index contributed by atoms with van der Waals surface area (Å²) in [6, 6.07) is 0.699. The Balaban J connectivity index is 0. The Bertz CT molecular complexity index is 1200. The molecule has 4 N–H and O–H groups in total. The molecule has 0 rings (SSSR count). The number of amides is 9. The number of carbonyl (C=O) groups excluding carboxylic acids is 10. The lowest BCUT2D eigenvalue weighted by molar-refractivity contribution is -0.141. The monoisotopic (exact) mass is 728 g/mol. The lowest BCUT2D eigenvalue weighted by Gasteiger charge is -2.23. The van der Waals surface area contributed by atoms with Crippen molar-refractivity contribution in [2.45, 2.75) is 33.2 Å². The van der Waals surface area contributed by atoms with Gasteiger partial charge in [-0.1, -0.05) is 13.8 Å². The molecule has 1 atom stereocenters. The summed E-state index contributed by atoms with van der Waals surface area (Å²) in [5.41, 5.74) is 0. The summed E-state index contributed by atoms with van der Waals surface area (Å²) in [6.07, 6.45) is 2.19. The lowest BCUT2D eigenvalue weighted by atomic mass is 10.3. The van der Waals surface area contributed by atoms with Gasteiger partial charge in [-0.15, -0.1) is 0 Å². The summed E-state index contributed by atoms with van der Waals surface area (Å²) < 4.78 is 0. The number of rotatable bonds is 22. The Morgan fingerprint density at radius 3 is 1.20 bits per heavy atom. The van der Waals surface area contributed by atoms with Gasteiger partial charge in [0.2, 0.25) is 53.7 Å². The first-order valence-corrected chi connectivity index (χ1v) is 16.2. The summed E-state index contributed by atoms with van der Waals surface area (Å²) in [5, 5.41) is 10.2. The predicted molar refractivity (Wildman–Crippen MR) is 185 cm³/mol. The van der Waals surface area contributed by atoms with E-state index in [9.17, 15) is 47.9 Å². The first-order chi connectivity index (χ1) is 23.8. The zero-order valence-corrected chi connectivity index (χ0v) is 31.3. The maximum absolute atomic E-state index is 12.5. The van der Waals surface area contributed by atoms with Crippen LogP contribution < -0.4 is 21.3 Å². The average molecular weight is 729 g/mol. The molecule has 20 heteroatoms. The fourth-order valence-electron chi connectivity index (χ4n) is 3.54. The zero-order valence-electron chi connectivity index (χ0n) is 31.3. The quantitative estimate of drug-likeness (QED) is 0.0773. The van der Waals surface area contributed by atoms with Crippen LogP contribution in [0.15, 0.2) is 0 Å². The van der Waals surface area contributed by atoms with Gasteiger partial charge in [0, 0.05) is 48.3 Å². The van der Waals surface area contributed by atoms with Crippen molar-refractivity contribution in [3.63, 3.8) is 0 Å². The van der Waals surface area contributed by atoms with E-state index in [-0.39, 0.29) is 32.7 Å². The van der Waals surface area contributed by atoms with Gasteiger partial charge in [-0.05, 0) is 19.9 Å². The van der Waals surface area contributed by atoms with Gasteiger partial charge >= 0.3 is 0 Å². The summed E-state index contributed by atoms with van der Waals surface area (Å²) >= 11 is 0. The molecule has 0 aromatic rings. The van der Waals surface area contributed by atoms with E-state index < -0.39 is 73.4 Å². The van der Waals surface area contributed by atoms with Gasteiger partial charge in [0.05, 0.1) is 58.9 Å². The third kappa shape index (κ3) is 23.0. The average Bonchev–Trinajstić information content (AvgIpc) is 3.08. The first-order valence-electron chi connectivity index (χ1n) is 16.2. The van der Waals surface area contributed by atoms with Gasteiger partial charge in [0.25, 0.3) is 0 Å². The summed E-state index contributed by atoms with van der Waals surface area (Å²) in [5.74, 6) is -4.75. The van der Waals surface area contributed by atoms with Gasteiger partial charge in [-0.3, -0.25) is 43.2 Å². The molecule has 0 aliphatic heterocycles. The van der Waals surface area contributed by atoms with Gasteiger partial charge in [0.15, 0.2) is 0 Å². The molecule has 20 nitrogen and oxygen atoms in total. The van der Waals surface area contributed by atoms with E-state index in [1.54, 1.807) is 0 Å². The number of nitrogens with one attached hydrogen (secondary N) is 4. The summed E-state index contributed by atoms with van der Waals surface area (Å²) in [4.78, 5) is 124.